The number of halogens is 1. The van der Waals surface area contributed by atoms with E-state index in [0.29, 0.717) is 56.8 Å². The lowest BCUT2D eigenvalue weighted by atomic mass is 10.1. The smallest absolute Gasteiger partial charge is 0.340 e. The van der Waals surface area contributed by atoms with Crippen molar-refractivity contribution in [3.8, 4) is 11.5 Å². The van der Waals surface area contributed by atoms with Gasteiger partial charge in [-0.2, -0.15) is 0 Å². The van der Waals surface area contributed by atoms with E-state index >= 15 is 0 Å². The molecule has 0 fully saturated rings. The van der Waals surface area contributed by atoms with Crippen LogP contribution in [0.3, 0.4) is 0 Å². The average Bonchev–Trinajstić information content (AvgIpc) is 2.95. The van der Waals surface area contributed by atoms with Gasteiger partial charge in [-0.3, -0.25) is 19.3 Å². The summed E-state index contributed by atoms with van der Waals surface area (Å²) in [6.45, 7) is 6.10. The minimum Gasteiger partial charge on any atom is -0.492 e. The van der Waals surface area contributed by atoms with E-state index in [2.05, 4.69) is 20.6 Å². The summed E-state index contributed by atoms with van der Waals surface area (Å²) in [6.07, 6.45) is 2.78. The lowest BCUT2D eigenvalue weighted by Gasteiger charge is -2.19. The molecule has 4 rings (SSSR count). The van der Waals surface area contributed by atoms with Crippen LogP contribution in [0.4, 0.5) is 22.7 Å². The predicted molar refractivity (Wildman–Crippen MR) is 165 cm³/mol. The van der Waals surface area contributed by atoms with Crippen LogP contribution in [0.25, 0.3) is 10.9 Å². The maximum atomic E-state index is 12.9. The van der Waals surface area contributed by atoms with E-state index in [4.69, 9.17) is 35.9 Å². The lowest BCUT2D eigenvalue weighted by Crippen LogP contribution is -2.19. The molecule has 0 atom stereocenters. The Bertz CT molecular complexity index is 1580. The Morgan fingerprint density at radius 3 is 2.43 bits per heavy atom. The van der Waals surface area contributed by atoms with E-state index in [0.717, 1.165) is 5.69 Å². The van der Waals surface area contributed by atoms with Crippen molar-refractivity contribution in [1.82, 2.24) is 9.97 Å². The SMILES string of the molecule is CCOc1cc2ncc(N)c(Nc3ccc(OCc4ccccn4)c(Cl)c3)c2cc1NC(=O)CP(=O)(OCC)OCC. The van der Waals surface area contributed by atoms with Gasteiger partial charge in [0.2, 0.25) is 5.91 Å². The summed E-state index contributed by atoms with van der Waals surface area (Å²) in [7, 11) is -3.61. The zero-order valence-electron chi connectivity index (χ0n) is 23.6. The normalized spacial score (nSPS) is 11.3. The van der Waals surface area contributed by atoms with Gasteiger partial charge in [0.1, 0.15) is 24.3 Å². The van der Waals surface area contributed by atoms with Crippen molar-refractivity contribution < 1.29 is 27.9 Å². The number of aromatic nitrogens is 2. The van der Waals surface area contributed by atoms with Gasteiger partial charge in [0.25, 0.3) is 0 Å². The van der Waals surface area contributed by atoms with Crippen LogP contribution in [0.15, 0.2) is 60.9 Å². The number of nitrogens with zero attached hydrogens (tertiary/aromatic N) is 2. The maximum Gasteiger partial charge on any atom is 0.340 e. The summed E-state index contributed by atoms with van der Waals surface area (Å²) in [6, 6.07) is 14.3. The Morgan fingerprint density at radius 1 is 0.976 bits per heavy atom. The van der Waals surface area contributed by atoms with Gasteiger partial charge in [-0.1, -0.05) is 17.7 Å². The molecule has 0 saturated carbocycles. The number of nitrogen functional groups attached to an aromatic ring is 1. The van der Waals surface area contributed by atoms with Crippen LogP contribution in [0.5, 0.6) is 11.5 Å². The van der Waals surface area contributed by atoms with Crippen LogP contribution >= 0.6 is 19.2 Å². The second-order valence-electron chi connectivity index (χ2n) is 8.92. The maximum absolute atomic E-state index is 12.9. The molecule has 0 radical (unpaired) electrons. The highest BCUT2D eigenvalue weighted by molar-refractivity contribution is 7.54. The number of amides is 1. The fraction of sp³-hybridized carbons (Fsp3) is 0.276. The highest BCUT2D eigenvalue weighted by Crippen LogP contribution is 2.48. The number of nitrogens with two attached hydrogens (primary N) is 1. The third-order valence-corrected chi connectivity index (χ3v) is 8.14. The van der Waals surface area contributed by atoms with Gasteiger partial charge in [-0.05, 0) is 57.2 Å². The van der Waals surface area contributed by atoms with Gasteiger partial charge in [0, 0.05) is 23.3 Å². The standard InChI is InChI=1S/C29H33ClN5O6P/c1-4-38-27-15-24-21(14-25(27)35-28(36)18-42(37,40-5-2)41-6-3)29(23(31)16-33-24)34-19-10-11-26(22(30)13-19)39-17-20-9-7-8-12-32-20/h7-16H,4-6,17-18,31H2,1-3H3,(H,33,34)(H,35,36). The van der Waals surface area contributed by atoms with E-state index in [1.54, 1.807) is 44.3 Å². The molecule has 4 aromatic rings. The number of fused-ring (bicyclic) bond motifs is 1. The molecule has 13 heteroatoms. The van der Waals surface area contributed by atoms with Crippen LogP contribution < -0.4 is 25.8 Å². The van der Waals surface area contributed by atoms with Gasteiger partial charge in [-0.25, -0.2) is 0 Å². The quantitative estimate of drug-likeness (QED) is 0.130. The highest BCUT2D eigenvalue weighted by Gasteiger charge is 2.28. The summed E-state index contributed by atoms with van der Waals surface area (Å²) >= 11 is 6.52. The van der Waals surface area contributed by atoms with Gasteiger partial charge in [0.05, 0.1) is 59.3 Å². The molecule has 1 amide bonds. The van der Waals surface area contributed by atoms with Gasteiger partial charge in [0.15, 0.2) is 0 Å². The largest absolute Gasteiger partial charge is 0.492 e. The molecular formula is C29H33ClN5O6P. The van der Waals surface area contributed by atoms with E-state index in [1.165, 1.54) is 6.20 Å². The zero-order valence-corrected chi connectivity index (χ0v) is 25.2. The summed E-state index contributed by atoms with van der Waals surface area (Å²) in [4.78, 5) is 21.6. The van der Waals surface area contributed by atoms with Gasteiger partial charge < -0.3 is 34.9 Å². The summed E-state index contributed by atoms with van der Waals surface area (Å²) < 4.78 is 35.0. The fourth-order valence-corrected chi connectivity index (χ4v) is 5.82. The van der Waals surface area contributed by atoms with E-state index < -0.39 is 19.7 Å². The molecule has 2 aromatic carbocycles. The average molecular weight is 614 g/mol. The van der Waals surface area contributed by atoms with Crippen molar-refractivity contribution >= 4 is 58.8 Å². The van der Waals surface area contributed by atoms with Gasteiger partial charge >= 0.3 is 7.60 Å². The Morgan fingerprint density at radius 2 is 1.76 bits per heavy atom. The molecule has 2 aromatic heterocycles. The molecule has 4 N–H and O–H groups in total. The first kappa shape index (κ1) is 31.1. The topological polar surface area (TPSA) is 147 Å². The lowest BCUT2D eigenvalue weighted by molar-refractivity contribution is -0.114. The number of rotatable bonds is 14. The van der Waals surface area contributed by atoms with Crippen LogP contribution in [-0.2, 0) is 25.0 Å². The summed E-state index contributed by atoms with van der Waals surface area (Å²) in [5.74, 6) is 0.338. The van der Waals surface area contributed by atoms with Crippen molar-refractivity contribution in [1.29, 1.82) is 0 Å². The van der Waals surface area contributed by atoms with Crippen molar-refractivity contribution in [2.45, 2.75) is 27.4 Å². The second-order valence-corrected chi connectivity index (χ2v) is 11.4. The number of carbonyl (C=O) groups is 1. The predicted octanol–water partition coefficient (Wildman–Crippen LogP) is 6.79. The Hall–Kier alpha value is -3.89. The fourth-order valence-electron chi connectivity index (χ4n) is 4.11. The Labute approximate surface area is 249 Å². The number of nitrogens with one attached hydrogen (secondary N) is 2. The summed E-state index contributed by atoms with van der Waals surface area (Å²) in [5, 5.41) is 7.09. The number of hydrogen-bond acceptors (Lipinski definition) is 10. The Balaban J connectivity index is 1.61. The number of ether oxygens (including phenoxy) is 2. The third-order valence-electron chi connectivity index (χ3n) is 5.86. The number of pyridine rings is 2. The molecule has 0 aliphatic rings. The van der Waals surface area contributed by atoms with Crippen molar-refractivity contribution in [2.24, 2.45) is 0 Å². The number of benzene rings is 2. The molecule has 2 heterocycles. The molecule has 0 aliphatic heterocycles. The first-order valence-corrected chi connectivity index (χ1v) is 15.5. The van der Waals surface area contributed by atoms with E-state index in [-0.39, 0.29) is 19.8 Å². The van der Waals surface area contributed by atoms with Gasteiger partial charge in [-0.15, -0.1) is 0 Å². The number of anilines is 4. The van der Waals surface area contributed by atoms with Crippen molar-refractivity contribution in [3.63, 3.8) is 0 Å². The van der Waals surface area contributed by atoms with Crippen LogP contribution in [-0.4, -0.2) is 41.9 Å². The highest BCUT2D eigenvalue weighted by atomic mass is 35.5. The second kappa shape index (κ2) is 14.3. The zero-order chi connectivity index (χ0) is 30.1. The molecule has 0 aliphatic carbocycles. The van der Waals surface area contributed by atoms with Crippen LogP contribution in [0.1, 0.15) is 26.5 Å². The summed E-state index contributed by atoms with van der Waals surface area (Å²) in [5.41, 5.74) is 9.60. The molecule has 222 valence electrons. The molecule has 0 unspecified atom stereocenters. The third kappa shape index (κ3) is 7.89. The van der Waals surface area contributed by atoms with E-state index in [1.807, 2.05) is 31.2 Å². The van der Waals surface area contributed by atoms with Crippen LogP contribution in [0, 0.1) is 0 Å². The molecule has 42 heavy (non-hydrogen) atoms. The first-order chi connectivity index (χ1) is 20.2. The minimum absolute atomic E-state index is 0.145. The van der Waals surface area contributed by atoms with Crippen molar-refractivity contribution in [2.75, 3.05) is 42.3 Å². The Kier molecular flexibility index (Phi) is 10.6. The molecule has 0 bridgehead atoms. The first-order valence-electron chi connectivity index (χ1n) is 13.4. The molecule has 0 spiro atoms. The van der Waals surface area contributed by atoms with Crippen molar-refractivity contribution in [3.05, 3.63) is 71.6 Å². The number of carbonyl (C=O) groups excluding carboxylic acids is 1. The molecule has 0 saturated heterocycles. The minimum atomic E-state index is -3.61. The molecular weight excluding hydrogens is 581 g/mol. The van der Waals surface area contributed by atoms with Crippen LogP contribution in [0.2, 0.25) is 5.02 Å². The van der Waals surface area contributed by atoms with E-state index in [9.17, 15) is 9.36 Å². The number of hydrogen-bond donors (Lipinski definition) is 3. The molecule has 11 nitrogen and oxygen atoms in total. The monoisotopic (exact) mass is 613 g/mol.